The zero-order chi connectivity index (χ0) is 32.6. The van der Waals surface area contributed by atoms with Crippen molar-refractivity contribution >= 4 is 44.8 Å². The van der Waals surface area contributed by atoms with E-state index in [1.54, 1.807) is 6.92 Å². The van der Waals surface area contributed by atoms with E-state index in [2.05, 4.69) is 5.32 Å². The number of methoxy groups -OCH3 is 1. The van der Waals surface area contributed by atoms with Gasteiger partial charge in [0.1, 0.15) is 18.3 Å². The van der Waals surface area contributed by atoms with Gasteiger partial charge in [0.15, 0.2) is 0 Å². The number of hydrogen-bond acceptors (Lipinski definition) is 7. The number of amides is 2. The molecule has 0 heterocycles. The van der Waals surface area contributed by atoms with Crippen LogP contribution >= 0.6 is 11.6 Å². The Kier molecular flexibility index (Phi) is 11.7. The first-order valence-corrected chi connectivity index (χ1v) is 15.9. The summed E-state index contributed by atoms with van der Waals surface area (Å²) in [5.74, 6) is -0.929. The quantitative estimate of drug-likeness (QED) is 0.183. The molecule has 0 radical (unpaired) electrons. The first-order valence-electron chi connectivity index (χ1n) is 14.1. The molecule has 1 unspecified atom stereocenters. The number of nitro groups is 1. The number of sulfonamides is 1. The van der Waals surface area contributed by atoms with Gasteiger partial charge in [0.2, 0.25) is 11.8 Å². The van der Waals surface area contributed by atoms with Crippen molar-refractivity contribution in [1.29, 1.82) is 0 Å². The summed E-state index contributed by atoms with van der Waals surface area (Å²) < 4.78 is 34.7. The van der Waals surface area contributed by atoms with Crippen molar-refractivity contribution < 1.29 is 27.7 Å². The molecular weight excluding hydrogens is 608 g/mol. The van der Waals surface area contributed by atoms with Gasteiger partial charge < -0.3 is 15.0 Å². The minimum atomic E-state index is -4.61. The second-order valence-corrected chi connectivity index (χ2v) is 12.6. The lowest BCUT2D eigenvalue weighted by Crippen LogP contribution is -2.52. The minimum absolute atomic E-state index is 0.0368. The average Bonchev–Trinajstić information content (AvgIpc) is 2.98. The highest BCUT2D eigenvalue weighted by molar-refractivity contribution is 7.92. The first-order chi connectivity index (χ1) is 20.8. The molecule has 0 saturated carbocycles. The lowest BCUT2D eigenvalue weighted by Gasteiger charge is -2.33. The number of ether oxygens (including phenoxy) is 1. The molecule has 3 rings (SSSR count). The molecule has 0 aliphatic rings. The Morgan fingerprint density at radius 1 is 1.07 bits per heavy atom. The number of carbonyl (C=O) groups is 2. The first kappa shape index (κ1) is 34.3. The fourth-order valence-corrected chi connectivity index (χ4v) is 6.34. The molecule has 0 aromatic heterocycles. The fraction of sp³-hybridized carbons (Fsp3) is 0.355. The van der Waals surface area contributed by atoms with Gasteiger partial charge in [0, 0.05) is 29.7 Å². The summed E-state index contributed by atoms with van der Waals surface area (Å²) in [5, 5.41) is 14.7. The Morgan fingerprint density at radius 2 is 1.80 bits per heavy atom. The van der Waals surface area contributed by atoms with Gasteiger partial charge in [0.05, 0.1) is 22.6 Å². The van der Waals surface area contributed by atoms with Crippen molar-refractivity contribution in [2.45, 2.75) is 58.0 Å². The Bertz CT molecular complexity index is 1630. The maximum atomic E-state index is 14.2. The highest BCUT2D eigenvalue weighted by Crippen LogP contribution is 2.36. The van der Waals surface area contributed by atoms with Crippen LogP contribution in [-0.2, 0) is 26.2 Å². The van der Waals surface area contributed by atoms with Crippen LogP contribution in [0.3, 0.4) is 0 Å². The molecule has 236 valence electrons. The molecule has 13 heteroatoms. The van der Waals surface area contributed by atoms with Crippen molar-refractivity contribution in [2.24, 2.45) is 0 Å². The number of anilines is 1. The Balaban J connectivity index is 2.18. The van der Waals surface area contributed by atoms with E-state index in [1.165, 1.54) is 49.3 Å². The van der Waals surface area contributed by atoms with E-state index in [0.717, 1.165) is 21.5 Å². The Morgan fingerprint density at radius 3 is 2.41 bits per heavy atom. The minimum Gasteiger partial charge on any atom is -0.495 e. The van der Waals surface area contributed by atoms with Crippen LogP contribution in [0.2, 0.25) is 5.02 Å². The van der Waals surface area contributed by atoms with E-state index >= 15 is 0 Å². The number of benzene rings is 3. The highest BCUT2D eigenvalue weighted by atomic mass is 35.5. The van der Waals surface area contributed by atoms with Crippen molar-refractivity contribution in [2.75, 3.05) is 24.5 Å². The molecular formula is C31H37ClN4O7S. The number of nitrogens with one attached hydrogen (secondary N) is 1. The van der Waals surface area contributed by atoms with Gasteiger partial charge in [-0.15, -0.1) is 0 Å². The van der Waals surface area contributed by atoms with Crippen LogP contribution in [0.25, 0.3) is 0 Å². The van der Waals surface area contributed by atoms with Gasteiger partial charge in [-0.1, -0.05) is 61.3 Å². The topological polar surface area (TPSA) is 139 Å². The zero-order valence-corrected chi connectivity index (χ0v) is 26.9. The molecule has 0 bridgehead atoms. The number of halogens is 1. The predicted octanol–water partition coefficient (Wildman–Crippen LogP) is 5.40. The molecule has 2 amide bonds. The van der Waals surface area contributed by atoms with Gasteiger partial charge in [-0.2, -0.15) is 0 Å². The lowest BCUT2D eigenvalue weighted by molar-refractivity contribution is -0.385. The van der Waals surface area contributed by atoms with Crippen LogP contribution in [-0.4, -0.2) is 56.3 Å². The van der Waals surface area contributed by atoms with Gasteiger partial charge in [-0.05, 0) is 56.5 Å². The second kappa shape index (κ2) is 15.0. The highest BCUT2D eigenvalue weighted by Gasteiger charge is 2.35. The summed E-state index contributed by atoms with van der Waals surface area (Å²) in [5.41, 5.74) is 1.53. The Labute approximate surface area is 263 Å². The maximum Gasteiger partial charge on any atom is 0.273 e. The van der Waals surface area contributed by atoms with Gasteiger partial charge in [-0.3, -0.25) is 24.0 Å². The van der Waals surface area contributed by atoms with E-state index in [1.807, 2.05) is 38.1 Å². The summed E-state index contributed by atoms with van der Waals surface area (Å²) in [6.45, 7) is 6.78. The standard InChI is InChI=1S/C31H37ClN4O7S/c1-6-15-33-31(38)26(7-2)34(19-23-10-8-9-21(3)16-23)30(37)20-35(28-17-24(32)12-14-29(28)43-5)44(41,42)25-13-11-22(4)27(18-25)36(39)40/h8-14,16-18,26H,6-7,15,19-20H2,1-5H3,(H,33,38). The van der Waals surface area contributed by atoms with Gasteiger partial charge >= 0.3 is 0 Å². The normalized spacial score (nSPS) is 11.9. The molecule has 0 spiro atoms. The van der Waals surface area contributed by atoms with E-state index < -0.39 is 44.0 Å². The van der Waals surface area contributed by atoms with Crippen LogP contribution < -0.4 is 14.4 Å². The summed E-state index contributed by atoms with van der Waals surface area (Å²) in [7, 11) is -3.27. The molecule has 3 aromatic rings. The van der Waals surface area contributed by atoms with Crippen LogP contribution in [0, 0.1) is 24.0 Å². The SMILES string of the molecule is CCCNC(=O)C(CC)N(Cc1cccc(C)c1)C(=O)CN(c1cc(Cl)ccc1OC)S(=O)(=O)c1ccc(C)c([N+](=O)[O-])c1. The molecule has 1 N–H and O–H groups in total. The Hall–Kier alpha value is -4.16. The van der Waals surface area contributed by atoms with Crippen LogP contribution in [0.1, 0.15) is 43.4 Å². The zero-order valence-electron chi connectivity index (χ0n) is 25.4. The number of carbonyl (C=O) groups excluding carboxylic acids is 2. The van der Waals surface area contributed by atoms with Crippen LogP contribution in [0.5, 0.6) is 5.75 Å². The second-order valence-electron chi connectivity index (χ2n) is 10.3. The van der Waals surface area contributed by atoms with Crippen molar-refractivity contribution in [3.8, 4) is 5.75 Å². The van der Waals surface area contributed by atoms with Gasteiger partial charge in [0.25, 0.3) is 15.7 Å². The smallest absolute Gasteiger partial charge is 0.273 e. The number of nitrogens with zero attached hydrogens (tertiary/aromatic N) is 3. The molecule has 11 nitrogen and oxygen atoms in total. The maximum absolute atomic E-state index is 14.2. The fourth-order valence-electron chi connectivity index (χ4n) is 4.74. The van der Waals surface area contributed by atoms with Crippen LogP contribution in [0.15, 0.2) is 65.6 Å². The van der Waals surface area contributed by atoms with E-state index in [4.69, 9.17) is 16.3 Å². The van der Waals surface area contributed by atoms with E-state index in [0.29, 0.717) is 13.0 Å². The number of nitro benzene ring substituents is 1. The number of rotatable bonds is 14. The van der Waals surface area contributed by atoms with Crippen LogP contribution in [0.4, 0.5) is 11.4 Å². The van der Waals surface area contributed by atoms with E-state index in [-0.39, 0.29) is 40.9 Å². The van der Waals surface area contributed by atoms with Crippen molar-refractivity contribution in [1.82, 2.24) is 10.2 Å². The van der Waals surface area contributed by atoms with Crippen molar-refractivity contribution in [3.05, 3.63) is 92.5 Å². The molecule has 0 saturated heterocycles. The molecule has 0 fully saturated rings. The number of hydrogen-bond donors (Lipinski definition) is 1. The van der Waals surface area contributed by atoms with E-state index in [9.17, 15) is 28.1 Å². The summed E-state index contributed by atoms with van der Waals surface area (Å²) >= 11 is 6.27. The summed E-state index contributed by atoms with van der Waals surface area (Å²) in [6, 6.07) is 14.4. The summed E-state index contributed by atoms with van der Waals surface area (Å²) in [4.78, 5) is 39.4. The molecule has 0 aliphatic carbocycles. The third-order valence-corrected chi connectivity index (χ3v) is 9.02. The lowest BCUT2D eigenvalue weighted by atomic mass is 10.1. The number of aryl methyl sites for hydroxylation is 2. The third kappa shape index (κ3) is 8.06. The average molecular weight is 645 g/mol. The van der Waals surface area contributed by atoms with Crippen molar-refractivity contribution in [3.63, 3.8) is 0 Å². The molecule has 0 aliphatic heterocycles. The predicted molar refractivity (Wildman–Crippen MR) is 169 cm³/mol. The molecule has 1 atom stereocenters. The molecule has 3 aromatic carbocycles. The molecule has 44 heavy (non-hydrogen) atoms. The summed E-state index contributed by atoms with van der Waals surface area (Å²) in [6.07, 6.45) is 0.960. The monoisotopic (exact) mass is 644 g/mol. The van der Waals surface area contributed by atoms with Gasteiger partial charge in [-0.25, -0.2) is 8.42 Å². The third-order valence-electron chi connectivity index (χ3n) is 7.02. The largest absolute Gasteiger partial charge is 0.495 e.